The van der Waals surface area contributed by atoms with Gasteiger partial charge in [0.2, 0.25) is 0 Å². The monoisotopic (exact) mass is 1630 g/mol. The lowest BCUT2D eigenvalue weighted by molar-refractivity contribution is -0.315. The molecule has 0 aromatic heterocycles. The molecule has 14 nitrogen and oxygen atoms in total. The molecule has 1 saturated heterocycles. The summed E-state index contributed by atoms with van der Waals surface area (Å²) in [6, 6.07) is 18.2. The number of carboxylic acids is 1. The molecule has 3 aliphatic rings. The highest BCUT2D eigenvalue weighted by Gasteiger charge is 2.77. The molecule has 9 unspecified atom stereocenters. The number of alkyl halides is 9. The SMILES string of the molecule is CCC(C)(C)C(=O)O.CCC(C)(C)C(=O)OC(C)C(F)(F)F.CCC(C)(C)C(=O)OC1C2CC3C1OC(=O)C3(C(=O)OC(C(F)(F)F)C(F)(F)F)C2.CCC(C)(C)c1ccc(C(C)(C)C)cc1.CCC(C)c1ccc(C(C)(C)C)cc1.CCCCC(CC)COC(=O)C(C)(C)CC.CCCCC(CC)COC(=O)C(C)(C)CC. The van der Waals surface area contributed by atoms with Gasteiger partial charge in [0.05, 0.1) is 40.3 Å². The molecule has 1 heterocycles. The van der Waals surface area contributed by atoms with Crippen LogP contribution in [0.1, 0.15) is 352 Å². The minimum Gasteiger partial charge on any atom is -0.481 e. The fraction of sp³-hybridized carbons (Fsp3) is 0.789. The van der Waals surface area contributed by atoms with Gasteiger partial charge in [-0.1, -0.05) is 226 Å². The standard InChI is InChI=1S/C18H20F6O6.C15H24.2C14H28O2.C14H22.C9H15F3O2.C6H12O2/c1-4-15(2,3)12(25)28-9-7-5-8-10(9)29-13(26)16(8,6-7)14(27)30-11(17(19,20)21)18(22,23)24;1-7-15(5,6)13-10-8-12(9-11-13)14(2,3)4;2*1-6-9-10-12(7-2)11-16-13(15)14(4,5)8-3;1-6-11(2)12-7-9-13(10-8-12)14(3,4)5;1-5-8(3,4)7(13)14-6(2)9(10,11)12;1-4-6(2,3)5(7)8/h7-11H,4-6H2,1-3H3;8-11H,7H2,1-6H3;2*12H,6-11H2,1-5H3;7-11H,6H2,1-5H3;6H,5H2,1-4H3;4H2,1-3H3,(H,7,8). The molecule has 113 heavy (non-hydrogen) atoms. The van der Waals surface area contributed by atoms with Crippen LogP contribution in [0.3, 0.4) is 0 Å². The van der Waals surface area contributed by atoms with Gasteiger partial charge in [-0.15, -0.1) is 0 Å². The number of fused-ring (bicyclic) bond motifs is 1. The maximum absolute atomic E-state index is 12.8. The maximum atomic E-state index is 12.8. The van der Waals surface area contributed by atoms with Crippen LogP contribution in [0.25, 0.3) is 0 Å². The van der Waals surface area contributed by atoms with Crippen LogP contribution in [0.5, 0.6) is 0 Å². The first-order chi connectivity index (χ1) is 51.3. The third-order valence-corrected chi connectivity index (χ3v) is 23.3. The molecule has 2 saturated carbocycles. The summed E-state index contributed by atoms with van der Waals surface area (Å²) in [4.78, 5) is 82.2. The second-order valence-corrected chi connectivity index (χ2v) is 36.7. The molecule has 656 valence electrons. The van der Waals surface area contributed by atoms with Crippen LogP contribution in [0, 0.1) is 56.2 Å². The number of aliphatic carboxylic acids is 1. The molecule has 5 rings (SSSR count). The Labute approximate surface area is 674 Å². The quantitative estimate of drug-likeness (QED) is 0.0336. The van der Waals surface area contributed by atoms with Gasteiger partial charge in [-0.3, -0.25) is 33.6 Å². The first-order valence-electron chi connectivity index (χ1n) is 41.2. The van der Waals surface area contributed by atoms with E-state index in [0.717, 1.165) is 32.6 Å². The third kappa shape index (κ3) is 35.1. The molecule has 3 fully saturated rings. The number of halogens is 9. The normalized spacial score (nSPS) is 18.8. The van der Waals surface area contributed by atoms with Crippen LogP contribution in [-0.2, 0) is 78.2 Å². The largest absolute Gasteiger partial charge is 0.481 e. The van der Waals surface area contributed by atoms with Gasteiger partial charge >= 0.3 is 60.3 Å². The minimum atomic E-state index is -5.89. The fourth-order valence-electron chi connectivity index (χ4n) is 11.1. The molecule has 2 aromatic rings. The van der Waals surface area contributed by atoms with Crippen molar-refractivity contribution in [2.75, 3.05) is 13.2 Å². The van der Waals surface area contributed by atoms with Gasteiger partial charge in [0, 0.05) is 11.8 Å². The zero-order valence-electron chi connectivity index (χ0n) is 74.9. The first-order valence-corrected chi connectivity index (χ1v) is 41.2. The topological polar surface area (TPSA) is 195 Å². The summed E-state index contributed by atoms with van der Waals surface area (Å²) >= 11 is 0. The van der Waals surface area contributed by atoms with Crippen molar-refractivity contribution in [3.05, 3.63) is 70.8 Å². The number of unbranched alkanes of at least 4 members (excludes halogenated alkanes) is 2. The summed E-state index contributed by atoms with van der Waals surface area (Å²) in [7, 11) is 0. The van der Waals surface area contributed by atoms with Gasteiger partial charge in [0.15, 0.2) is 11.5 Å². The molecular weight excluding hydrogens is 1480 g/mol. The molecule has 2 aromatic carbocycles. The average molecular weight is 1630 g/mol. The average Bonchev–Trinajstić information content (AvgIpc) is 1.53. The van der Waals surface area contributed by atoms with Crippen LogP contribution in [0.15, 0.2) is 48.5 Å². The number of carbonyl (C=O) groups excluding carboxylic acids is 6. The van der Waals surface area contributed by atoms with E-state index in [4.69, 9.17) is 24.1 Å². The number of carboxylic acid groups (broad SMARTS) is 1. The Morgan fingerprint density at radius 1 is 0.478 bits per heavy atom. The molecule has 9 atom stereocenters. The highest BCUT2D eigenvalue weighted by atomic mass is 19.4. The van der Waals surface area contributed by atoms with E-state index in [2.05, 4.69) is 162 Å². The highest BCUT2D eigenvalue weighted by Crippen LogP contribution is 2.63. The van der Waals surface area contributed by atoms with Crippen molar-refractivity contribution in [3.8, 4) is 0 Å². The number of hydrogen-bond donors (Lipinski definition) is 1. The summed E-state index contributed by atoms with van der Waals surface area (Å²) < 4.78 is 142. The van der Waals surface area contributed by atoms with Gasteiger partial charge in [-0.05, 0) is 203 Å². The molecule has 0 radical (unpaired) electrons. The Morgan fingerprint density at radius 3 is 1.15 bits per heavy atom. The molecular formula is C90H149F9O14. The van der Waals surface area contributed by atoms with Crippen molar-refractivity contribution in [2.45, 2.75) is 389 Å². The predicted molar refractivity (Wildman–Crippen MR) is 431 cm³/mol. The van der Waals surface area contributed by atoms with E-state index in [1.165, 1.54) is 73.6 Å². The molecule has 23 heteroatoms. The van der Waals surface area contributed by atoms with E-state index in [0.29, 0.717) is 55.6 Å². The van der Waals surface area contributed by atoms with E-state index in [-0.39, 0.29) is 40.0 Å². The number of ether oxygens (including phenoxy) is 6. The van der Waals surface area contributed by atoms with E-state index in [1.54, 1.807) is 55.4 Å². The molecule has 2 aliphatic carbocycles. The van der Waals surface area contributed by atoms with Crippen molar-refractivity contribution >= 4 is 41.8 Å². The number of benzene rings is 2. The van der Waals surface area contributed by atoms with E-state index in [1.807, 2.05) is 48.5 Å². The Balaban J connectivity index is 0. The smallest absolute Gasteiger partial charge is 0.434 e. The van der Waals surface area contributed by atoms with Gasteiger partial charge in [0.25, 0.3) is 6.10 Å². The molecule has 2 bridgehead atoms. The Morgan fingerprint density at radius 2 is 0.841 bits per heavy atom. The molecule has 1 N–H and O–H groups in total. The summed E-state index contributed by atoms with van der Waals surface area (Å²) in [5.41, 5.74) is 1.41. The maximum Gasteiger partial charge on any atom is 0.434 e. The summed E-state index contributed by atoms with van der Waals surface area (Å²) in [5.74, 6) is -5.26. The van der Waals surface area contributed by atoms with Crippen LogP contribution in [0.2, 0.25) is 0 Å². The number of carbonyl (C=O) groups is 7. The van der Waals surface area contributed by atoms with Gasteiger partial charge < -0.3 is 33.5 Å². The van der Waals surface area contributed by atoms with Gasteiger partial charge in [-0.25, -0.2) is 0 Å². The van der Waals surface area contributed by atoms with Gasteiger partial charge in [0.1, 0.15) is 12.2 Å². The van der Waals surface area contributed by atoms with Crippen LogP contribution in [0.4, 0.5) is 39.5 Å². The van der Waals surface area contributed by atoms with Crippen molar-refractivity contribution in [2.24, 2.45) is 56.2 Å². The number of rotatable bonds is 30. The number of hydrogen-bond acceptors (Lipinski definition) is 13. The highest BCUT2D eigenvalue weighted by molar-refractivity contribution is 6.03. The second-order valence-electron chi connectivity index (χ2n) is 36.7. The van der Waals surface area contributed by atoms with E-state index >= 15 is 0 Å². The lowest BCUT2D eigenvalue weighted by atomic mass is 9.73. The summed E-state index contributed by atoms with van der Waals surface area (Å²) in [6.45, 7) is 62.7. The fourth-order valence-corrected chi connectivity index (χ4v) is 11.1. The third-order valence-electron chi connectivity index (χ3n) is 23.3. The predicted octanol–water partition coefficient (Wildman–Crippen LogP) is 25.3. The van der Waals surface area contributed by atoms with E-state index in [9.17, 15) is 73.1 Å². The summed E-state index contributed by atoms with van der Waals surface area (Å²) in [6.07, 6.45) is -9.96. The van der Waals surface area contributed by atoms with E-state index < -0.39 is 113 Å². The summed E-state index contributed by atoms with van der Waals surface area (Å²) in [5, 5.41) is 8.44. The zero-order chi connectivity index (χ0) is 88.9. The lowest BCUT2D eigenvalue weighted by Gasteiger charge is -2.33. The van der Waals surface area contributed by atoms with Crippen LogP contribution in [-0.4, -0.2) is 103 Å². The Hall–Kier alpha value is -5.90. The Bertz CT molecular complexity index is 3110. The van der Waals surface area contributed by atoms with Crippen molar-refractivity contribution in [1.29, 1.82) is 0 Å². The lowest BCUT2D eigenvalue weighted by Crippen LogP contribution is -2.51. The second kappa shape index (κ2) is 46.3. The molecule has 1 aliphatic heterocycles. The van der Waals surface area contributed by atoms with Crippen molar-refractivity contribution in [3.63, 3.8) is 0 Å². The van der Waals surface area contributed by atoms with Gasteiger partial charge in [-0.2, -0.15) is 39.5 Å². The first kappa shape index (κ1) is 109. The van der Waals surface area contributed by atoms with Crippen molar-refractivity contribution in [1.82, 2.24) is 0 Å². The minimum absolute atomic E-state index is 0.0510. The zero-order valence-corrected chi connectivity index (χ0v) is 74.9. The van der Waals surface area contributed by atoms with Crippen LogP contribution < -0.4 is 0 Å². The van der Waals surface area contributed by atoms with Crippen molar-refractivity contribution < 1.29 is 107 Å². The van der Waals surface area contributed by atoms with Crippen LogP contribution >= 0.6 is 0 Å². The number of esters is 6. The molecule has 0 spiro atoms. The Kier molecular flexibility index (Phi) is 44.7. The molecule has 0 amide bonds.